The van der Waals surface area contributed by atoms with E-state index in [0.717, 1.165) is 13.0 Å². The molecule has 0 fully saturated rings. The molecule has 0 aromatic carbocycles. The molecule has 0 saturated carbocycles. The predicted octanol–water partition coefficient (Wildman–Crippen LogP) is 3.42. The minimum absolute atomic E-state index is 0.0732. The fraction of sp³-hybridized carbons (Fsp3) is 0.308. The standard InChI is InChI=1S/C13H15N3S2/c1-2-16-8-9(7-15-16)5-10(14)12-6-13-11(18-12)3-4-17-13/h3-4,6-8,10H,2,5,14H2,1H3. The van der Waals surface area contributed by atoms with Crippen LogP contribution in [0, 0.1) is 0 Å². The largest absolute Gasteiger partial charge is 0.323 e. The molecule has 18 heavy (non-hydrogen) atoms. The van der Waals surface area contributed by atoms with E-state index in [2.05, 4.69) is 35.7 Å². The van der Waals surface area contributed by atoms with E-state index in [1.807, 2.05) is 10.9 Å². The Labute approximate surface area is 114 Å². The van der Waals surface area contributed by atoms with Gasteiger partial charge in [-0.3, -0.25) is 4.68 Å². The molecule has 1 atom stereocenters. The van der Waals surface area contributed by atoms with E-state index < -0.39 is 0 Å². The van der Waals surface area contributed by atoms with Gasteiger partial charge in [0.2, 0.25) is 0 Å². The second-order valence-corrected chi connectivity index (χ2v) is 6.38. The van der Waals surface area contributed by atoms with Crippen LogP contribution < -0.4 is 5.73 Å². The molecule has 2 N–H and O–H groups in total. The van der Waals surface area contributed by atoms with Gasteiger partial charge in [-0.05, 0) is 36.4 Å². The van der Waals surface area contributed by atoms with Crippen molar-refractivity contribution in [2.75, 3.05) is 0 Å². The number of thiophene rings is 2. The van der Waals surface area contributed by atoms with E-state index in [1.54, 1.807) is 22.7 Å². The Morgan fingerprint density at radius 1 is 1.44 bits per heavy atom. The third-order valence-electron chi connectivity index (χ3n) is 2.99. The second kappa shape index (κ2) is 4.84. The maximum Gasteiger partial charge on any atom is 0.0522 e. The van der Waals surface area contributed by atoms with Crippen molar-refractivity contribution in [1.82, 2.24) is 9.78 Å². The first-order valence-corrected chi connectivity index (χ1v) is 7.69. The van der Waals surface area contributed by atoms with Crippen LogP contribution in [0.2, 0.25) is 0 Å². The lowest BCUT2D eigenvalue weighted by Crippen LogP contribution is -2.11. The number of hydrogen-bond acceptors (Lipinski definition) is 4. The fourth-order valence-corrected chi connectivity index (χ4v) is 4.13. The predicted molar refractivity (Wildman–Crippen MR) is 78.2 cm³/mol. The quantitative estimate of drug-likeness (QED) is 0.794. The summed E-state index contributed by atoms with van der Waals surface area (Å²) in [6.45, 7) is 2.99. The van der Waals surface area contributed by atoms with E-state index in [9.17, 15) is 0 Å². The summed E-state index contributed by atoms with van der Waals surface area (Å²) in [7, 11) is 0. The Kier molecular flexibility index (Phi) is 3.20. The molecule has 0 bridgehead atoms. The van der Waals surface area contributed by atoms with Crippen molar-refractivity contribution in [1.29, 1.82) is 0 Å². The summed E-state index contributed by atoms with van der Waals surface area (Å²) < 4.78 is 4.62. The van der Waals surface area contributed by atoms with Crippen LogP contribution >= 0.6 is 22.7 Å². The Morgan fingerprint density at radius 3 is 3.06 bits per heavy atom. The highest BCUT2D eigenvalue weighted by molar-refractivity contribution is 7.26. The average Bonchev–Trinajstić information content (AvgIpc) is 3.02. The SMILES string of the molecule is CCn1cc(CC(N)c2cc3sccc3s2)cn1. The van der Waals surface area contributed by atoms with E-state index in [-0.39, 0.29) is 6.04 Å². The molecule has 5 heteroatoms. The summed E-state index contributed by atoms with van der Waals surface area (Å²) in [5.41, 5.74) is 7.49. The summed E-state index contributed by atoms with van der Waals surface area (Å²) in [4.78, 5) is 1.26. The number of nitrogens with two attached hydrogens (primary N) is 1. The molecule has 94 valence electrons. The van der Waals surface area contributed by atoms with Crippen LogP contribution in [-0.2, 0) is 13.0 Å². The van der Waals surface area contributed by atoms with E-state index in [4.69, 9.17) is 5.73 Å². The molecule has 0 spiro atoms. The Balaban J connectivity index is 1.77. The highest BCUT2D eigenvalue weighted by atomic mass is 32.1. The lowest BCUT2D eigenvalue weighted by molar-refractivity contribution is 0.657. The summed E-state index contributed by atoms with van der Waals surface area (Å²) >= 11 is 3.58. The van der Waals surface area contributed by atoms with Crippen molar-refractivity contribution in [2.45, 2.75) is 25.9 Å². The normalized spacial score (nSPS) is 13.2. The molecule has 0 saturated heterocycles. The number of aromatic nitrogens is 2. The molecule has 3 aromatic heterocycles. The molecular formula is C13H15N3S2. The zero-order valence-corrected chi connectivity index (χ0v) is 11.8. The van der Waals surface area contributed by atoms with Crippen LogP contribution in [0.1, 0.15) is 23.4 Å². The smallest absolute Gasteiger partial charge is 0.0522 e. The molecule has 1 unspecified atom stereocenters. The van der Waals surface area contributed by atoms with Gasteiger partial charge in [0, 0.05) is 33.1 Å². The molecule has 0 amide bonds. The summed E-state index contributed by atoms with van der Waals surface area (Å²) in [6, 6.07) is 4.46. The molecule has 3 aromatic rings. The van der Waals surface area contributed by atoms with Gasteiger partial charge < -0.3 is 5.73 Å². The highest BCUT2D eigenvalue weighted by Gasteiger charge is 2.12. The highest BCUT2D eigenvalue weighted by Crippen LogP contribution is 2.33. The fourth-order valence-electron chi connectivity index (χ4n) is 2.01. The van der Waals surface area contributed by atoms with Gasteiger partial charge in [0.1, 0.15) is 0 Å². The van der Waals surface area contributed by atoms with Gasteiger partial charge in [-0.25, -0.2) is 0 Å². The van der Waals surface area contributed by atoms with Gasteiger partial charge in [0.15, 0.2) is 0 Å². The molecule has 3 rings (SSSR count). The molecule has 3 nitrogen and oxygen atoms in total. The van der Waals surface area contributed by atoms with Gasteiger partial charge in [0.25, 0.3) is 0 Å². The van der Waals surface area contributed by atoms with Crippen LogP contribution in [0.3, 0.4) is 0 Å². The second-order valence-electron chi connectivity index (χ2n) is 4.31. The van der Waals surface area contributed by atoms with Crippen LogP contribution in [0.5, 0.6) is 0 Å². The van der Waals surface area contributed by atoms with Crippen molar-refractivity contribution >= 4 is 32.1 Å². The minimum atomic E-state index is 0.0732. The topological polar surface area (TPSA) is 43.8 Å². The number of nitrogens with zero attached hydrogens (tertiary/aromatic N) is 2. The van der Waals surface area contributed by atoms with Crippen molar-refractivity contribution in [2.24, 2.45) is 5.73 Å². The molecule has 0 radical (unpaired) electrons. The lowest BCUT2D eigenvalue weighted by Gasteiger charge is -2.07. The van der Waals surface area contributed by atoms with Crippen molar-refractivity contribution < 1.29 is 0 Å². The van der Waals surface area contributed by atoms with E-state index >= 15 is 0 Å². The summed E-state index contributed by atoms with van der Waals surface area (Å²) in [6.07, 6.45) is 4.85. The van der Waals surface area contributed by atoms with Gasteiger partial charge in [-0.15, -0.1) is 22.7 Å². The Bertz CT molecular complexity index is 621. The zero-order chi connectivity index (χ0) is 12.5. The Morgan fingerprint density at radius 2 is 2.33 bits per heavy atom. The first-order chi connectivity index (χ1) is 8.76. The Hall–Kier alpha value is -1.17. The lowest BCUT2D eigenvalue weighted by atomic mass is 10.1. The van der Waals surface area contributed by atoms with Gasteiger partial charge in [0.05, 0.1) is 6.20 Å². The monoisotopic (exact) mass is 277 g/mol. The van der Waals surface area contributed by atoms with Crippen molar-refractivity contribution in [3.63, 3.8) is 0 Å². The van der Waals surface area contributed by atoms with Crippen molar-refractivity contribution in [3.05, 3.63) is 40.3 Å². The minimum Gasteiger partial charge on any atom is -0.323 e. The molecular weight excluding hydrogens is 262 g/mol. The third-order valence-corrected chi connectivity index (χ3v) is 5.22. The van der Waals surface area contributed by atoms with Gasteiger partial charge >= 0.3 is 0 Å². The zero-order valence-electron chi connectivity index (χ0n) is 10.2. The van der Waals surface area contributed by atoms with E-state index in [0.29, 0.717) is 0 Å². The van der Waals surface area contributed by atoms with Gasteiger partial charge in [-0.1, -0.05) is 0 Å². The average molecular weight is 277 g/mol. The molecule has 0 aliphatic heterocycles. The number of hydrogen-bond donors (Lipinski definition) is 1. The number of aryl methyl sites for hydroxylation is 1. The van der Waals surface area contributed by atoms with Crippen molar-refractivity contribution in [3.8, 4) is 0 Å². The van der Waals surface area contributed by atoms with Crippen LogP contribution in [-0.4, -0.2) is 9.78 Å². The number of fused-ring (bicyclic) bond motifs is 1. The van der Waals surface area contributed by atoms with Crippen LogP contribution in [0.4, 0.5) is 0 Å². The maximum atomic E-state index is 6.28. The molecule has 0 aliphatic rings. The van der Waals surface area contributed by atoms with Crippen LogP contribution in [0.25, 0.3) is 9.40 Å². The molecule has 0 aliphatic carbocycles. The van der Waals surface area contributed by atoms with Gasteiger partial charge in [-0.2, -0.15) is 5.10 Å². The summed E-state index contributed by atoms with van der Waals surface area (Å²) in [5, 5.41) is 6.41. The third kappa shape index (κ3) is 2.21. The summed E-state index contributed by atoms with van der Waals surface area (Å²) in [5.74, 6) is 0. The first-order valence-electron chi connectivity index (χ1n) is 6.00. The number of rotatable bonds is 4. The maximum absolute atomic E-state index is 6.28. The first kappa shape index (κ1) is 11.9. The van der Waals surface area contributed by atoms with Crippen LogP contribution in [0.15, 0.2) is 29.9 Å². The van der Waals surface area contributed by atoms with E-state index in [1.165, 1.54) is 19.8 Å². The molecule has 3 heterocycles.